The van der Waals surface area contributed by atoms with Crippen molar-refractivity contribution >= 4 is 28.2 Å². The molecule has 0 aliphatic heterocycles. The minimum Gasteiger partial charge on any atom is -0.377 e. The predicted octanol–water partition coefficient (Wildman–Crippen LogP) is 5.20. The second kappa shape index (κ2) is 5.70. The summed E-state index contributed by atoms with van der Waals surface area (Å²) in [6.07, 6.45) is 1.73. The molecule has 0 fully saturated rings. The molecule has 4 heteroatoms. The quantitative estimate of drug-likeness (QED) is 0.719. The zero-order valence-electron chi connectivity index (χ0n) is 11.5. The van der Waals surface area contributed by atoms with Gasteiger partial charge in [-0.05, 0) is 31.2 Å². The number of nitrogens with one attached hydrogen (secondary N) is 1. The molecule has 0 aliphatic rings. The van der Waals surface area contributed by atoms with Crippen molar-refractivity contribution in [3.63, 3.8) is 0 Å². The Morgan fingerprint density at radius 1 is 1.14 bits per heavy atom. The van der Waals surface area contributed by atoms with E-state index >= 15 is 0 Å². The molecule has 0 saturated carbocycles. The van der Waals surface area contributed by atoms with Crippen molar-refractivity contribution in [3.8, 4) is 0 Å². The van der Waals surface area contributed by atoms with E-state index in [9.17, 15) is 4.39 Å². The SMILES string of the molecule is CC(Nc1cc(Cl)cc2cccnc12)c1ccccc1F. The van der Waals surface area contributed by atoms with Gasteiger partial charge in [-0.1, -0.05) is 35.9 Å². The number of hydrogen-bond acceptors (Lipinski definition) is 2. The van der Waals surface area contributed by atoms with E-state index in [1.165, 1.54) is 6.07 Å². The highest BCUT2D eigenvalue weighted by atomic mass is 35.5. The molecule has 1 heterocycles. The van der Waals surface area contributed by atoms with E-state index < -0.39 is 0 Å². The number of pyridine rings is 1. The molecular weight excluding hydrogens is 287 g/mol. The number of anilines is 1. The summed E-state index contributed by atoms with van der Waals surface area (Å²) in [5.74, 6) is -0.225. The lowest BCUT2D eigenvalue weighted by Crippen LogP contribution is -2.09. The zero-order valence-corrected chi connectivity index (χ0v) is 12.2. The number of nitrogens with zero attached hydrogens (tertiary/aromatic N) is 1. The third-order valence-electron chi connectivity index (χ3n) is 3.41. The molecule has 0 spiro atoms. The van der Waals surface area contributed by atoms with Crippen molar-refractivity contribution in [2.24, 2.45) is 0 Å². The van der Waals surface area contributed by atoms with Crippen LogP contribution < -0.4 is 5.32 Å². The summed E-state index contributed by atoms with van der Waals surface area (Å²) in [5, 5.41) is 4.87. The van der Waals surface area contributed by atoms with Crippen LogP contribution in [0.5, 0.6) is 0 Å². The highest BCUT2D eigenvalue weighted by Gasteiger charge is 2.12. The van der Waals surface area contributed by atoms with E-state index in [2.05, 4.69) is 10.3 Å². The monoisotopic (exact) mass is 300 g/mol. The number of fused-ring (bicyclic) bond motifs is 1. The van der Waals surface area contributed by atoms with Crippen molar-refractivity contribution in [1.29, 1.82) is 0 Å². The van der Waals surface area contributed by atoms with Gasteiger partial charge in [-0.3, -0.25) is 4.98 Å². The summed E-state index contributed by atoms with van der Waals surface area (Å²) >= 11 is 6.14. The lowest BCUT2D eigenvalue weighted by atomic mass is 10.1. The highest BCUT2D eigenvalue weighted by molar-refractivity contribution is 6.31. The molecule has 0 amide bonds. The smallest absolute Gasteiger partial charge is 0.128 e. The van der Waals surface area contributed by atoms with Crippen molar-refractivity contribution < 1.29 is 4.39 Å². The van der Waals surface area contributed by atoms with Crippen LogP contribution in [-0.4, -0.2) is 4.98 Å². The van der Waals surface area contributed by atoms with Crippen LogP contribution in [0, 0.1) is 5.82 Å². The molecule has 106 valence electrons. The average molecular weight is 301 g/mol. The number of rotatable bonds is 3. The zero-order chi connectivity index (χ0) is 14.8. The molecule has 2 nitrogen and oxygen atoms in total. The summed E-state index contributed by atoms with van der Waals surface area (Å²) < 4.78 is 13.9. The molecule has 1 N–H and O–H groups in total. The molecule has 2 aromatic carbocycles. The fourth-order valence-corrected chi connectivity index (χ4v) is 2.63. The van der Waals surface area contributed by atoms with Crippen LogP contribution in [0.4, 0.5) is 10.1 Å². The van der Waals surface area contributed by atoms with Gasteiger partial charge < -0.3 is 5.32 Å². The fourth-order valence-electron chi connectivity index (χ4n) is 2.40. The molecule has 21 heavy (non-hydrogen) atoms. The van der Waals surface area contributed by atoms with E-state index in [4.69, 9.17) is 11.6 Å². The number of hydrogen-bond donors (Lipinski definition) is 1. The van der Waals surface area contributed by atoms with Gasteiger partial charge in [0.05, 0.1) is 17.2 Å². The first-order valence-electron chi connectivity index (χ1n) is 6.70. The van der Waals surface area contributed by atoms with Gasteiger partial charge in [0.1, 0.15) is 5.82 Å². The first-order valence-corrected chi connectivity index (χ1v) is 7.08. The minimum absolute atomic E-state index is 0.185. The summed E-state index contributed by atoms with van der Waals surface area (Å²) in [6, 6.07) is 14.0. The van der Waals surface area contributed by atoms with Crippen LogP contribution in [0.1, 0.15) is 18.5 Å². The molecular formula is C17H14ClFN2. The number of aromatic nitrogens is 1. The Morgan fingerprint density at radius 3 is 2.76 bits per heavy atom. The van der Waals surface area contributed by atoms with Gasteiger partial charge in [-0.2, -0.15) is 0 Å². The lowest BCUT2D eigenvalue weighted by molar-refractivity contribution is 0.600. The van der Waals surface area contributed by atoms with Crippen LogP contribution in [0.2, 0.25) is 5.02 Å². The maximum atomic E-state index is 13.9. The first kappa shape index (κ1) is 13.8. The van der Waals surface area contributed by atoms with Gasteiger partial charge >= 0.3 is 0 Å². The molecule has 0 saturated heterocycles. The molecule has 1 atom stereocenters. The Hall–Kier alpha value is -2.13. The van der Waals surface area contributed by atoms with Crippen molar-refractivity contribution in [3.05, 3.63) is 71.1 Å². The van der Waals surface area contributed by atoms with Gasteiger partial charge in [0.2, 0.25) is 0 Å². The van der Waals surface area contributed by atoms with Crippen LogP contribution in [0.3, 0.4) is 0 Å². The van der Waals surface area contributed by atoms with Crippen molar-refractivity contribution in [2.45, 2.75) is 13.0 Å². The van der Waals surface area contributed by atoms with E-state index in [1.807, 2.05) is 37.3 Å². The average Bonchev–Trinajstić information content (AvgIpc) is 2.47. The second-order valence-electron chi connectivity index (χ2n) is 4.92. The van der Waals surface area contributed by atoms with E-state index in [-0.39, 0.29) is 11.9 Å². The van der Waals surface area contributed by atoms with Crippen molar-refractivity contribution in [1.82, 2.24) is 4.98 Å². The normalized spacial score (nSPS) is 12.3. The van der Waals surface area contributed by atoms with Gasteiger partial charge in [0.15, 0.2) is 0 Å². The number of halogens is 2. The van der Waals surface area contributed by atoms with Gasteiger partial charge in [-0.15, -0.1) is 0 Å². The number of benzene rings is 2. The minimum atomic E-state index is -0.225. The van der Waals surface area contributed by atoms with Gasteiger partial charge in [0.25, 0.3) is 0 Å². The highest BCUT2D eigenvalue weighted by Crippen LogP contribution is 2.29. The Kier molecular flexibility index (Phi) is 3.76. The maximum Gasteiger partial charge on any atom is 0.128 e. The molecule has 3 aromatic rings. The van der Waals surface area contributed by atoms with E-state index in [0.29, 0.717) is 10.6 Å². The van der Waals surface area contributed by atoms with Gasteiger partial charge in [-0.25, -0.2) is 4.39 Å². The van der Waals surface area contributed by atoms with Gasteiger partial charge in [0, 0.05) is 22.2 Å². The van der Waals surface area contributed by atoms with Crippen molar-refractivity contribution in [2.75, 3.05) is 5.32 Å². The summed E-state index contributed by atoms with van der Waals surface area (Å²) in [6.45, 7) is 1.91. The largest absolute Gasteiger partial charge is 0.377 e. The summed E-state index contributed by atoms with van der Waals surface area (Å²) in [4.78, 5) is 4.38. The molecule has 0 bridgehead atoms. The molecule has 1 aromatic heterocycles. The molecule has 1 unspecified atom stereocenters. The van der Waals surface area contributed by atoms with Crippen LogP contribution in [0.15, 0.2) is 54.7 Å². The Labute approximate surface area is 127 Å². The molecule has 0 aliphatic carbocycles. The first-order chi connectivity index (χ1) is 10.1. The standard InChI is InChI=1S/C17H14ClFN2/c1-11(14-6-2-3-7-15(14)19)21-16-10-13(18)9-12-5-4-8-20-17(12)16/h2-11,21H,1H3. The predicted molar refractivity (Wildman–Crippen MR) is 85.2 cm³/mol. The fraction of sp³-hybridized carbons (Fsp3) is 0.118. The topological polar surface area (TPSA) is 24.9 Å². The summed E-state index contributed by atoms with van der Waals surface area (Å²) in [7, 11) is 0. The Bertz CT molecular complexity index is 789. The van der Waals surface area contributed by atoms with Crippen LogP contribution in [0.25, 0.3) is 10.9 Å². The van der Waals surface area contributed by atoms with Crippen LogP contribution >= 0.6 is 11.6 Å². The van der Waals surface area contributed by atoms with E-state index in [1.54, 1.807) is 18.3 Å². The third-order valence-corrected chi connectivity index (χ3v) is 3.63. The maximum absolute atomic E-state index is 13.9. The van der Waals surface area contributed by atoms with E-state index in [0.717, 1.165) is 16.6 Å². The Morgan fingerprint density at radius 2 is 1.95 bits per heavy atom. The second-order valence-corrected chi connectivity index (χ2v) is 5.35. The van der Waals surface area contributed by atoms with Crippen LogP contribution in [-0.2, 0) is 0 Å². The third kappa shape index (κ3) is 2.83. The Balaban J connectivity index is 2.00. The molecule has 3 rings (SSSR count). The lowest BCUT2D eigenvalue weighted by Gasteiger charge is -2.17. The molecule has 0 radical (unpaired) electrons. The summed E-state index contributed by atoms with van der Waals surface area (Å²) in [5.41, 5.74) is 2.24.